The zero-order valence-electron chi connectivity index (χ0n) is 23.6. The van der Waals surface area contributed by atoms with Crippen LogP contribution in [0, 0.1) is 0 Å². The average molecular weight is 536 g/mol. The Bertz CT molecular complexity index is 1380. The van der Waals surface area contributed by atoms with Crippen LogP contribution in [0.25, 0.3) is 10.9 Å². The molecule has 0 spiro atoms. The molecule has 3 aromatic carbocycles. The number of piperazine rings is 1. The third-order valence-corrected chi connectivity index (χ3v) is 8.57. The Kier molecular flexibility index (Phi) is 8.43. The number of aryl methyl sites for hydroxylation is 3. The third-order valence-electron chi connectivity index (χ3n) is 8.57. The largest absolute Gasteiger partial charge is 0.490 e. The van der Waals surface area contributed by atoms with Gasteiger partial charge in [-0.2, -0.15) is 0 Å². The molecule has 0 bridgehead atoms. The fourth-order valence-electron chi connectivity index (χ4n) is 6.42. The highest BCUT2D eigenvalue weighted by Crippen LogP contribution is 2.37. The van der Waals surface area contributed by atoms with Crippen molar-refractivity contribution in [3.05, 3.63) is 107 Å². The molecular weight excluding hydrogens is 494 g/mol. The lowest BCUT2D eigenvalue weighted by Gasteiger charge is -2.40. The van der Waals surface area contributed by atoms with Crippen molar-refractivity contribution in [3.8, 4) is 5.75 Å². The van der Waals surface area contributed by atoms with E-state index in [-0.39, 0.29) is 6.61 Å². The van der Waals surface area contributed by atoms with Crippen LogP contribution in [-0.4, -0.2) is 65.3 Å². The van der Waals surface area contributed by atoms with Crippen LogP contribution in [0.15, 0.2) is 78.9 Å². The number of aromatic nitrogens is 1. The standard InChI is InChI=1S/C35H41N3O2/c1-2-3-11-28-18-19-32-33(36-28)14-8-15-34(32)40-25-29(39)24-37-20-22-38(23-21-37)35-30-12-6-4-9-26(30)16-17-27-10-5-7-13-31(27)35/h4-10,12-15,18-19,29,35,39H,2-3,11,16-17,20-25H2,1H3. The summed E-state index contributed by atoms with van der Waals surface area (Å²) < 4.78 is 6.12. The van der Waals surface area contributed by atoms with Crippen LogP contribution in [0.4, 0.5) is 0 Å². The molecule has 1 aliphatic heterocycles. The van der Waals surface area contributed by atoms with Crippen molar-refractivity contribution in [2.75, 3.05) is 39.3 Å². The second-order valence-corrected chi connectivity index (χ2v) is 11.3. The zero-order valence-corrected chi connectivity index (χ0v) is 23.6. The molecular formula is C35H41N3O2. The minimum Gasteiger partial charge on any atom is -0.490 e. The SMILES string of the molecule is CCCCc1ccc2c(OCC(O)CN3CCN(C4c5ccccc5CCc5ccccc54)CC3)cccc2n1. The monoisotopic (exact) mass is 535 g/mol. The molecule has 0 radical (unpaired) electrons. The smallest absolute Gasteiger partial charge is 0.128 e. The lowest BCUT2D eigenvalue weighted by Crippen LogP contribution is -2.50. The van der Waals surface area contributed by atoms with E-state index in [1.54, 1.807) is 0 Å². The molecule has 1 unspecified atom stereocenters. The van der Waals surface area contributed by atoms with E-state index in [1.807, 2.05) is 18.2 Å². The summed E-state index contributed by atoms with van der Waals surface area (Å²) in [6, 6.07) is 28.5. The van der Waals surface area contributed by atoms with Gasteiger partial charge in [0.1, 0.15) is 18.5 Å². The van der Waals surface area contributed by atoms with E-state index in [9.17, 15) is 5.11 Å². The van der Waals surface area contributed by atoms with Gasteiger partial charge in [-0.15, -0.1) is 0 Å². The van der Waals surface area contributed by atoms with Gasteiger partial charge in [0.25, 0.3) is 0 Å². The van der Waals surface area contributed by atoms with Crippen molar-refractivity contribution in [3.63, 3.8) is 0 Å². The number of benzene rings is 3. The molecule has 5 heteroatoms. The highest BCUT2D eigenvalue weighted by molar-refractivity contribution is 5.85. The van der Waals surface area contributed by atoms with Crippen molar-refractivity contribution in [2.45, 2.75) is 51.2 Å². The minimum atomic E-state index is -0.544. The molecule has 1 N–H and O–H groups in total. The van der Waals surface area contributed by atoms with E-state index in [1.165, 1.54) is 22.3 Å². The second-order valence-electron chi connectivity index (χ2n) is 11.3. The molecule has 5 nitrogen and oxygen atoms in total. The van der Waals surface area contributed by atoms with E-state index < -0.39 is 6.10 Å². The number of nitrogens with zero attached hydrogens (tertiary/aromatic N) is 3. The Hall–Kier alpha value is -3.25. The van der Waals surface area contributed by atoms with Crippen LogP contribution in [0.5, 0.6) is 5.75 Å². The Morgan fingerprint density at radius 2 is 1.55 bits per heavy atom. The van der Waals surface area contributed by atoms with Crippen LogP contribution in [-0.2, 0) is 19.3 Å². The summed E-state index contributed by atoms with van der Waals surface area (Å²) in [4.78, 5) is 9.84. The first-order valence-corrected chi connectivity index (χ1v) is 15.0. The number of fused-ring (bicyclic) bond motifs is 3. The molecule has 4 aromatic rings. The second kappa shape index (κ2) is 12.5. The van der Waals surface area contributed by atoms with Gasteiger partial charge >= 0.3 is 0 Å². The molecule has 1 saturated heterocycles. The van der Waals surface area contributed by atoms with E-state index >= 15 is 0 Å². The van der Waals surface area contributed by atoms with Gasteiger partial charge in [0.15, 0.2) is 0 Å². The number of hydrogen-bond donors (Lipinski definition) is 1. The topological polar surface area (TPSA) is 48.8 Å². The summed E-state index contributed by atoms with van der Waals surface area (Å²) in [5.74, 6) is 0.793. The Morgan fingerprint density at radius 1 is 0.850 bits per heavy atom. The molecule has 1 aliphatic carbocycles. The molecule has 0 amide bonds. The Morgan fingerprint density at radius 3 is 2.25 bits per heavy atom. The first-order valence-electron chi connectivity index (χ1n) is 15.0. The molecule has 1 aromatic heterocycles. The Balaban J connectivity index is 1.07. The lowest BCUT2D eigenvalue weighted by molar-refractivity contribution is 0.0403. The van der Waals surface area contributed by atoms with Crippen molar-refractivity contribution in [1.82, 2.24) is 14.8 Å². The quantitative estimate of drug-likeness (QED) is 0.293. The number of β-amino-alcohol motifs (C(OH)–C–C–N with tert-alkyl or cyclic N) is 1. The maximum Gasteiger partial charge on any atom is 0.128 e. The third kappa shape index (κ3) is 5.92. The molecule has 2 heterocycles. The summed E-state index contributed by atoms with van der Waals surface area (Å²) in [5, 5.41) is 11.9. The van der Waals surface area contributed by atoms with E-state index in [0.717, 1.165) is 80.6 Å². The van der Waals surface area contributed by atoms with Gasteiger partial charge in [0.05, 0.1) is 11.6 Å². The van der Waals surface area contributed by atoms with Gasteiger partial charge in [-0.05, 0) is 72.2 Å². The molecule has 1 fully saturated rings. The van der Waals surface area contributed by atoms with Crippen molar-refractivity contribution < 1.29 is 9.84 Å². The minimum absolute atomic E-state index is 0.278. The summed E-state index contributed by atoms with van der Waals surface area (Å²) in [6.45, 7) is 6.95. The van der Waals surface area contributed by atoms with Crippen LogP contribution in [0.2, 0.25) is 0 Å². The predicted octanol–water partition coefficient (Wildman–Crippen LogP) is 5.82. The van der Waals surface area contributed by atoms with Crippen molar-refractivity contribution >= 4 is 10.9 Å². The lowest BCUT2D eigenvalue weighted by atomic mass is 9.92. The molecule has 208 valence electrons. The average Bonchev–Trinajstić information content (AvgIpc) is 3.16. The van der Waals surface area contributed by atoms with Gasteiger partial charge in [0.2, 0.25) is 0 Å². The maximum absolute atomic E-state index is 10.9. The molecule has 6 rings (SSSR count). The first kappa shape index (κ1) is 26.9. The highest BCUT2D eigenvalue weighted by atomic mass is 16.5. The van der Waals surface area contributed by atoms with Gasteiger partial charge < -0.3 is 9.84 Å². The number of unbranched alkanes of at least 4 members (excludes halogenated alkanes) is 1. The van der Waals surface area contributed by atoms with Gasteiger partial charge in [-0.1, -0.05) is 67.9 Å². The van der Waals surface area contributed by atoms with Crippen LogP contribution in [0.1, 0.15) is 53.8 Å². The fourth-order valence-corrected chi connectivity index (χ4v) is 6.42. The number of rotatable bonds is 9. The van der Waals surface area contributed by atoms with E-state index in [4.69, 9.17) is 9.72 Å². The highest BCUT2D eigenvalue weighted by Gasteiger charge is 2.31. The van der Waals surface area contributed by atoms with Crippen molar-refractivity contribution in [2.24, 2.45) is 0 Å². The van der Waals surface area contributed by atoms with E-state index in [0.29, 0.717) is 12.6 Å². The maximum atomic E-state index is 10.9. The molecule has 2 aliphatic rings. The Labute approximate surface area is 238 Å². The number of hydrogen-bond acceptors (Lipinski definition) is 5. The van der Waals surface area contributed by atoms with Gasteiger partial charge in [0, 0.05) is 43.8 Å². The first-order chi connectivity index (χ1) is 19.7. The van der Waals surface area contributed by atoms with Gasteiger partial charge in [-0.25, -0.2) is 0 Å². The van der Waals surface area contributed by atoms with Crippen LogP contribution >= 0.6 is 0 Å². The number of aliphatic hydroxyl groups excluding tert-OH is 1. The van der Waals surface area contributed by atoms with E-state index in [2.05, 4.69) is 77.4 Å². The zero-order chi connectivity index (χ0) is 27.3. The van der Waals surface area contributed by atoms with Gasteiger partial charge in [-0.3, -0.25) is 14.8 Å². The summed E-state index contributed by atoms with van der Waals surface area (Å²) in [6.07, 6.45) is 4.97. The fraction of sp³-hybridized carbons (Fsp3) is 0.400. The summed E-state index contributed by atoms with van der Waals surface area (Å²) in [7, 11) is 0. The molecule has 40 heavy (non-hydrogen) atoms. The number of aliphatic hydroxyl groups is 1. The summed E-state index contributed by atoms with van der Waals surface area (Å²) in [5.41, 5.74) is 7.94. The number of pyridine rings is 1. The number of ether oxygens (including phenoxy) is 1. The molecule has 1 atom stereocenters. The van der Waals surface area contributed by atoms with Crippen LogP contribution < -0.4 is 4.74 Å². The predicted molar refractivity (Wildman–Crippen MR) is 162 cm³/mol. The normalized spacial score (nSPS) is 17.2. The van der Waals surface area contributed by atoms with Crippen molar-refractivity contribution in [1.29, 1.82) is 0 Å². The molecule has 0 saturated carbocycles. The van der Waals surface area contributed by atoms with Crippen LogP contribution in [0.3, 0.4) is 0 Å². The summed E-state index contributed by atoms with van der Waals surface area (Å²) >= 11 is 0.